The zero-order valence-electron chi connectivity index (χ0n) is 17.0. The topological polar surface area (TPSA) is 34.1 Å². The number of guanidine groups is 1. The molecular weight excluding hydrogens is 402 g/mol. The Morgan fingerprint density at radius 1 is 1.19 bits per heavy atom. The molecule has 0 amide bonds. The Bertz CT molecular complexity index is 610. The summed E-state index contributed by atoms with van der Waals surface area (Å²) < 4.78 is 1.14. The van der Waals surface area contributed by atoms with Crippen LogP contribution in [-0.4, -0.2) is 80.1 Å². The van der Waals surface area contributed by atoms with E-state index in [-0.39, 0.29) is 0 Å². The van der Waals surface area contributed by atoms with Crippen LogP contribution in [0.4, 0.5) is 0 Å². The maximum Gasteiger partial charge on any atom is 0.194 e. The molecule has 0 aliphatic carbocycles. The van der Waals surface area contributed by atoms with Gasteiger partial charge in [-0.25, -0.2) is 0 Å². The van der Waals surface area contributed by atoms with Gasteiger partial charge in [0.25, 0.3) is 0 Å². The van der Waals surface area contributed by atoms with Gasteiger partial charge in [-0.1, -0.05) is 28.1 Å². The maximum absolute atomic E-state index is 4.97. The molecule has 5 nitrogen and oxygen atoms in total. The summed E-state index contributed by atoms with van der Waals surface area (Å²) >= 11 is 3.53. The third-order valence-corrected chi connectivity index (χ3v) is 6.37. The van der Waals surface area contributed by atoms with E-state index in [0.717, 1.165) is 49.7 Å². The van der Waals surface area contributed by atoms with Crippen LogP contribution in [0.15, 0.2) is 33.7 Å². The van der Waals surface area contributed by atoms with Crippen LogP contribution in [0.5, 0.6) is 0 Å². The van der Waals surface area contributed by atoms with Gasteiger partial charge >= 0.3 is 0 Å². The highest BCUT2D eigenvalue weighted by Gasteiger charge is 2.24. The molecule has 0 radical (unpaired) electrons. The summed E-state index contributed by atoms with van der Waals surface area (Å²) in [5, 5.41) is 3.51. The number of rotatable bonds is 5. The number of likely N-dealkylation sites (tertiary alicyclic amines) is 1. The molecule has 0 aromatic heterocycles. The number of piperazine rings is 1. The van der Waals surface area contributed by atoms with Gasteiger partial charge in [0.05, 0.1) is 0 Å². The molecule has 1 aromatic carbocycles. The Hall–Kier alpha value is -1.11. The maximum atomic E-state index is 4.97. The van der Waals surface area contributed by atoms with Crippen LogP contribution in [-0.2, 0) is 0 Å². The summed E-state index contributed by atoms with van der Waals surface area (Å²) in [6.45, 7) is 13.0. The van der Waals surface area contributed by atoms with Crippen LogP contribution >= 0.6 is 15.9 Å². The number of nitrogens with zero attached hydrogens (tertiary/aromatic N) is 4. The molecule has 1 aromatic rings. The van der Waals surface area contributed by atoms with Gasteiger partial charge in [0.15, 0.2) is 5.96 Å². The summed E-state index contributed by atoms with van der Waals surface area (Å²) in [6, 6.07) is 9.18. The van der Waals surface area contributed by atoms with Crippen molar-refractivity contribution in [2.45, 2.75) is 26.3 Å². The molecule has 1 N–H and O–H groups in total. The lowest BCUT2D eigenvalue weighted by molar-refractivity contribution is 0.138. The average Bonchev–Trinajstić information content (AvgIpc) is 3.10. The van der Waals surface area contributed by atoms with Crippen molar-refractivity contribution in [3.8, 4) is 0 Å². The van der Waals surface area contributed by atoms with Crippen molar-refractivity contribution < 1.29 is 0 Å². The van der Waals surface area contributed by atoms with E-state index in [9.17, 15) is 0 Å². The molecule has 6 heteroatoms. The fourth-order valence-corrected chi connectivity index (χ4v) is 4.35. The predicted molar refractivity (Wildman–Crippen MR) is 117 cm³/mol. The minimum atomic E-state index is 0.453. The van der Waals surface area contributed by atoms with E-state index in [2.05, 4.69) is 81.1 Å². The normalized spacial score (nSPS) is 23.6. The molecule has 2 unspecified atom stereocenters. The van der Waals surface area contributed by atoms with Crippen LogP contribution in [0, 0.1) is 5.92 Å². The Morgan fingerprint density at radius 2 is 1.89 bits per heavy atom. The Balaban J connectivity index is 1.54. The van der Waals surface area contributed by atoms with Gasteiger partial charge in [-0.3, -0.25) is 9.89 Å². The van der Waals surface area contributed by atoms with E-state index in [1.165, 1.54) is 25.1 Å². The Morgan fingerprint density at radius 3 is 2.48 bits per heavy atom. The van der Waals surface area contributed by atoms with Crippen molar-refractivity contribution in [3.63, 3.8) is 0 Å². The molecule has 27 heavy (non-hydrogen) atoms. The molecule has 0 spiro atoms. The monoisotopic (exact) mass is 435 g/mol. The SMILES string of the molecule is CCNC(=NCC1CCN(C)C1)N1CCN(C(C)c2ccc(Br)cc2)CC1. The van der Waals surface area contributed by atoms with Gasteiger partial charge in [0, 0.05) is 56.3 Å². The van der Waals surface area contributed by atoms with Crippen molar-refractivity contribution in [2.75, 3.05) is 59.4 Å². The van der Waals surface area contributed by atoms with Gasteiger partial charge in [-0.15, -0.1) is 0 Å². The molecule has 2 aliphatic rings. The fraction of sp³-hybridized carbons (Fsp3) is 0.667. The number of halogens is 1. The molecule has 2 fully saturated rings. The van der Waals surface area contributed by atoms with E-state index in [0.29, 0.717) is 12.0 Å². The largest absolute Gasteiger partial charge is 0.357 e. The number of aliphatic imine (C=N–C) groups is 1. The van der Waals surface area contributed by atoms with Gasteiger partial charge in [-0.05, 0) is 57.5 Å². The Kier molecular flexibility index (Phi) is 7.56. The first-order valence-electron chi connectivity index (χ1n) is 10.3. The minimum absolute atomic E-state index is 0.453. The van der Waals surface area contributed by atoms with Crippen molar-refractivity contribution in [1.29, 1.82) is 0 Å². The highest BCUT2D eigenvalue weighted by atomic mass is 79.9. The van der Waals surface area contributed by atoms with E-state index in [1.54, 1.807) is 0 Å². The van der Waals surface area contributed by atoms with Gasteiger partial charge in [0.1, 0.15) is 0 Å². The molecule has 2 aliphatic heterocycles. The number of nitrogens with one attached hydrogen (secondary N) is 1. The minimum Gasteiger partial charge on any atom is -0.357 e. The molecule has 150 valence electrons. The zero-order chi connectivity index (χ0) is 19.2. The lowest BCUT2D eigenvalue weighted by Gasteiger charge is -2.39. The van der Waals surface area contributed by atoms with Crippen LogP contribution in [0.3, 0.4) is 0 Å². The fourth-order valence-electron chi connectivity index (χ4n) is 4.09. The lowest BCUT2D eigenvalue weighted by Crippen LogP contribution is -2.53. The smallest absolute Gasteiger partial charge is 0.194 e. The van der Waals surface area contributed by atoms with Crippen molar-refractivity contribution in [2.24, 2.45) is 10.9 Å². The molecule has 2 heterocycles. The second kappa shape index (κ2) is 9.89. The first-order chi connectivity index (χ1) is 13.1. The van der Waals surface area contributed by atoms with Crippen molar-refractivity contribution in [1.82, 2.24) is 20.0 Å². The van der Waals surface area contributed by atoms with Crippen LogP contribution in [0.1, 0.15) is 31.9 Å². The summed E-state index contributed by atoms with van der Waals surface area (Å²) in [4.78, 5) is 12.4. The van der Waals surface area contributed by atoms with Gasteiger partial charge < -0.3 is 15.1 Å². The highest BCUT2D eigenvalue weighted by molar-refractivity contribution is 9.10. The van der Waals surface area contributed by atoms with E-state index in [4.69, 9.17) is 4.99 Å². The lowest BCUT2D eigenvalue weighted by atomic mass is 10.1. The summed E-state index contributed by atoms with van der Waals surface area (Å²) in [5.41, 5.74) is 1.39. The van der Waals surface area contributed by atoms with E-state index < -0.39 is 0 Å². The molecule has 0 bridgehead atoms. The molecule has 2 atom stereocenters. The first-order valence-corrected chi connectivity index (χ1v) is 11.1. The van der Waals surface area contributed by atoms with Crippen LogP contribution in [0.25, 0.3) is 0 Å². The second-order valence-electron chi connectivity index (χ2n) is 7.86. The zero-order valence-corrected chi connectivity index (χ0v) is 18.6. The van der Waals surface area contributed by atoms with Gasteiger partial charge in [0.2, 0.25) is 0 Å². The summed E-state index contributed by atoms with van der Waals surface area (Å²) in [6.07, 6.45) is 1.28. The first kappa shape index (κ1) is 20.6. The number of hydrogen-bond acceptors (Lipinski definition) is 3. The molecular formula is C21H34BrN5. The molecule has 0 saturated carbocycles. The van der Waals surface area contributed by atoms with Gasteiger partial charge in [-0.2, -0.15) is 0 Å². The summed E-state index contributed by atoms with van der Waals surface area (Å²) in [5.74, 6) is 1.81. The third kappa shape index (κ3) is 5.69. The van der Waals surface area contributed by atoms with Crippen LogP contribution in [0.2, 0.25) is 0 Å². The van der Waals surface area contributed by atoms with Crippen LogP contribution < -0.4 is 5.32 Å². The predicted octanol–water partition coefficient (Wildman–Crippen LogP) is 3.04. The number of hydrogen-bond donors (Lipinski definition) is 1. The standard InChI is InChI=1S/C21H34BrN5/c1-4-23-21(24-15-18-9-10-25(3)16-18)27-13-11-26(12-14-27)17(2)19-5-7-20(22)8-6-19/h5-8,17-18H,4,9-16H2,1-3H3,(H,23,24). The third-order valence-electron chi connectivity index (χ3n) is 5.84. The summed E-state index contributed by atoms with van der Waals surface area (Å²) in [7, 11) is 2.21. The van der Waals surface area contributed by atoms with E-state index in [1.807, 2.05) is 0 Å². The van der Waals surface area contributed by atoms with Crippen molar-refractivity contribution >= 4 is 21.9 Å². The quantitative estimate of drug-likeness (QED) is 0.569. The molecule has 2 saturated heterocycles. The second-order valence-corrected chi connectivity index (χ2v) is 8.78. The average molecular weight is 436 g/mol. The van der Waals surface area contributed by atoms with Crippen molar-refractivity contribution in [3.05, 3.63) is 34.3 Å². The number of benzene rings is 1. The highest BCUT2D eigenvalue weighted by Crippen LogP contribution is 2.23. The molecule has 3 rings (SSSR count). The van der Waals surface area contributed by atoms with E-state index >= 15 is 0 Å². The Labute approximate surface area is 172 Å².